The number of unbranched alkanes of at least 4 members (excludes halogenated alkanes) is 2. The van der Waals surface area contributed by atoms with Crippen molar-refractivity contribution in [3.8, 4) is 0 Å². The molecule has 3 heteroatoms. The fourth-order valence-corrected chi connectivity index (χ4v) is 2.74. The first-order valence-corrected chi connectivity index (χ1v) is 7.63. The third-order valence-corrected chi connectivity index (χ3v) is 4.07. The van der Waals surface area contributed by atoms with Gasteiger partial charge in [-0.3, -0.25) is 4.79 Å². The lowest BCUT2D eigenvalue weighted by atomic mass is 9.97. The lowest BCUT2D eigenvalue weighted by Gasteiger charge is -2.17. The highest BCUT2D eigenvalue weighted by Gasteiger charge is 2.21. The Labute approximate surface area is 112 Å². The Morgan fingerprint density at radius 3 is 2.72 bits per heavy atom. The van der Waals surface area contributed by atoms with Gasteiger partial charge in [0.05, 0.1) is 0 Å². The molecule has 1 amide bonds. The van der Waals surface area contributed by atoms with E-state index in [1.807, 2.05) is 0 Å². The number of nitrogens with zero attached hydrogens (tertiary/aromatic N) is 1. The van der Waals surface area contributed by atoms with Gasteiger partial charge < -0.3 is 10.2 Å². The molecule has 1 aliphatic rings. The van der Waals surface area contributed by atoms with Crippen molar-refractivity contribution in [1.82, 2.24) is 10.2 Å². The van der Waals surface area contributed by atoms with E-state index in [0.717, 1.165) is 25.9 Å². The monoisotopic (exact) mass is 254 g/mol. The van der Waals surface area contributed by atoms with Crippen LogP contribution in [0.2, 0.25) is 0 Å². The molecule has 0 saturated carbocycles. The third kappa shape index (κ3) is 5.38. The number of carbonyl (C=O) groups is 1. The highest BCUT2D eigenvalue weighted by Crippen LogP contribution is 2.16. The van der Waals surface area contributed by atoms with Crippen LogP contribution in [0.4, 0.5) is 0 Å². The van der Waals surface area contributed by atoms with Gasteiger partial charge in [-0.15, -0.1) is 0 Å². The second-order valence-corrected chi connectivity index (χ2v) is 5.76. The lowest BCUT2D eigenvalue weighted by Crippen LogP contribution is -2.35. The van der Waals surface area contributed by atoms with Crippen LogP contribution in [-0.2, 0) is 4.79 Å². The molecule has 18 heavy (non-hydrogen) atoms. The van der Waals surface area contributed by atoms with Crippen LogP contribution in [0.5, 0.6) is 0 Å². The molecule has 1 aliphatic heterocycles. The first-order chi connectivity index (χ1) is 8.67. The minimum Gasteiger partial charge on any atom is -0.356 e. The maximum Gasteiger partial charge on any atom is 0.223 e. The lowest BCUT2D eigenvalue weighted by molar-refractivity contribution is -0.125. The van der Waals surface area contributed by atoms with Crippen molar-refractivity contribution in [2.75, 3.05) is 26.7 Å². The van der Waals surface area contributed by atoms with E-state index in [1.54, 1.807) is 0 Å². The van der Waals surface area contributed by atoms with Crippen molar-refractivity contribution in [2.24, 2.45) is 11.8 Å². The summed E-state index contributed by atoms with van der Waals surface area (Å²) in [6.07, 6.45) is 6.92. The standard InChI is InChI=1S/C15H30N2O/c1-4-6-7-8-14(5-2)15(18)16-11-13-9-10-17(3)12-13/h13-14H,4-12H2,1-3H3,(H,16,18). The van der Waals surface area contributed by atoms with Crippen LogP contribution in [0.3, 0.4) is 0 Å². The summed E-state index contributed by atoms with van der Waals surface area (Å²) in [6, 6.07) is 0. The van der Waals surface area contributed by atoms with Crippen molar-refractivity contribution in [3.63, 3.8) is 0 Å². The molecule has 1 rings (SSSR count). The number of hydrogen-bond acceptors (Lipinski definition) is 2. The molecule has 0 aromatic heterocycles. The summed E-state index contributed by atoms with van der Waals surface area (Å²) in [5, 5.41) is 3.16. The smallest absolute Gasteiger partial charge is 0.223 e. The largest absolute Gasteiger partial charge is 0.356 e. The Morgan fingerprint density at radius 1 is 1.39 bits per heavy atom. The summed E-state index contributed by atoms with van der Waals surface area (Å²) in [5.74, 6) is 1.17. The second kappa shape index (κ2) is 8.52. The quantitative estimate of drug-likeness (QED) is 0.675. The molecule has 0 aromatic rings. The Balaban J connectivity index is 2.20. The topological polar surface area (TPSA) is 32.3 Å². The van der Waals surface area contributed by atoms with Gasteiger partial charge in [-0.1, -0.05) is 33.1 Å². The zero-order chi connectivity index (χ0) is 13.4. The van der Waals surface area contributed by atoms with E-state index in [-0.39, 0.29) is 11.8 Å². The van der Waals surface area contributed by atoms with Crippen LogP contribution >= 0.6 is 0 Å². The highest BCUT2D eigenvalue weighted by atomic mass is 16.1. The van der Waals surface area contributed by atoms with Gasteiger partial charge in [-0.25, -0.2) is 0 Å². The first-order valence-electron chi connectivity index (χ1n) is 7.63. The second-order valence-electron chi connectivity index (χ2n) is 5.76. The molecule has 3 nitrogen and oxygen atoms in total. The van der Waals surface area contributed by atoms with Gasteiger partial charge in [0.2, 0.25) is 5.91 Å². The number of likely N-dealkylation sites (tertiary alicyclic amines) is 1. The predicted molar refractivity (Wildman–Crippen MR) is 76.5 cm³/mol. The van der Waals surface area contributed by atoms with Crippen LogP contribution in [0.15, 0.2) is 0 Å². The van der Waals surface area contributed by atoms with Gasteiger partial charge in [-0.2, -0.15) is 0 Å². The van der Waals surface area contributed by atoms with Gasteiger partial charge in [0, 0.05) is 19.0 Å². The van der Waals surface area contributed by atoms with E-state index >= 15 is 0 Å². The summed E-state index contributed by atoms with van der Waals surface area (Å²) in [5.41, 5.74) is 0. The van der Waals surface area contributed by atoms with Gasteiger partial charge >= 0.3 is 0 Å². The Bertz CT molecular complexity index is 243. The number of nitrogens with one attached hydrogen (secondary N) is 1. The molecule has 106 valence electrons. The molecule has 1 N–H and O–H groups in total. The van der Waals surface area contributed by atoms with Crippen molar-refractivity contribution >= 4 is 5.91 Å². The van der Waals surface area contributed by atoms with Crippen molar-refractivity contribution < 1.29 is 4.79 Å². The number of hydrogen-bond donors (Lipinski definition) is 1. The molecule has 1 fully saturated rings. The van der Waals surface area contributed by atoms with Gasteiger partial charge in [0.15, 0.2) is 0 Å². The summed E-state index contributed by atoms with van der Waals surface area (Å²) < 4.78 is 0. The predicted octanol–water partition coefficient (Wildman–Crippen LogP) is 2.66. The van der Waals surface area contributed by atoms with E-state index in [1.165, 1.54) is 32.2 Å². The molecule has 1 heterocycles. The van der Waals surface area contributed by atoms with Gasteiger partial charge in [0.1, 0.15) is 0 Å². The van der Waals surface area contributed by atoms with E-state index in [2.05, 4.69) is 31.1 Å². The molecule has 0 aromatic carbocycles. The van der Waals surface area contributed by atoms with Crippen molar-refractivity contribution in [1.29, 1.82) is 0 Å². The normalized spacial score (nSPS) is 22.1. The van der Waals surface area contributed by atoms with E-state index in [4.69, 9.17) is 0 Å². The van der Waals surface area contributed by atoms with E-state index < -0.39 is 0 Å². The SMILES string of the molecule is CCCCCC(CC)C(=O)NCC1CCN(C)C1. The summed E-state index contributed by atoms with van der Waals surface area (Å²) >= 11 is 0. The fraction of sp³-hybridized carbons (Fsp3) is 0.933. The van der Waals surface area contributed by atoms with Crippen LogP contribution in [0.1, 0.15) is 52.4 Å². The minimum atomic E-state index is 0.232. The number of carbonyl (C=O) groups excluding carboxylic acids is 1. The average Bonchev–Trinajstić information content (AvgIpc) is 2.78. The minimum absolute atomic E-state index is 0.232. The number of rotatable bonds is 8. The summed E-state index contributed by atoms with van der Waals surface area (Å²) in [6.45, 7) is 7.51. The Morgan fingerprint density at radius 2 is 2.17 bits per heavy atom. The van der Waals surface area contributed by atoms with Crippen molar-refractivity contribution in [2.45, 2.75) is 52.4 Å². The maximum absolute atomic E-state index is 12.1. The molecule has 0 bridgehead atoms. The fourth-order valence-electron chi connectivity index (χ4n) is 2.74. The van der Waals surface area contributed by atoms with Gasteiger partial charge in [0.25, 0.3) is 0 Å². The molecule has 0 spiro atoms. The number of amides is 1. The van der Waals surface area contributed by atoms with Crippen LogP contribution in [0.25, 0.3) is 0 Å². The molecular weight excluding hydrogens is 224 g/mol. The van der Waals surface area contributed by atoms with Crippen LogP contribution < -0.4 is 5.32 Å². The zero-order valence-corrected chi connectivity index (χ0v) is 12.4. The highest BCUT2D eigenvalue weighted by molar-refractivity contribution is 5.78. The van der Waals surface area contributed by atoms with Crippen molar-refractivity contribution in [3.05, 3.63) is 0 Å². The first kappa shape index (κ1) is 15.5. The molecule has 2 atom stereocenters. The maximum atomic E-state index is 12.1. The van der Waals surface area contributed by atoms with Crippen LogP contribution in [-0.4, -0.2) is 37.5 Å². The molecular formula is C15H30N2O. The summed E-state index contributed by atoms with van der Waals surface area (Å²) in [7, 11) is 2.15. The van der Waals surface area contributed by atoms with E-state index in [9.17, 15) is 4.79 Å². The zero-order valence-electron chi connectivity index (χ0n) is 12.4. The third-order valence-electron chi connectivity index (χ3n) is 4.07. The molecule has 0 aliphatic carbocycles. The van der Waals surface area contributed by atoms with Crippen LogP contribution in [0, 0.1) is 11.8 Å². The van der Waals surface area contributed by atoms with E-state index in [0.29, 0.717) is 5.92 Å². The summed E-state index contributed by atoms with van der Waals surface area (Å²) in [4.78, 5) is 14.4. The average molecular weight is 254 g/mol. The molecule has 2 unspecified atom stereocenters. The Kier molecular flexibility index (Phi) is 7.33. The molecule has 1 saturated heterocycles. The Hall–Kier alpha value is -0.570. The van der Waals surface area contributed by atoms with Gasteiger partial charge in [-0.05, 0) is 38.8 Å². The molecule has 0 radical (unpaired) electrons.